The van der Waals surface area contributed by atoms with Gasteiger partial charge in [0.05, 0.1) is 10.2 Å². The molecule has 0 aliphatic carbocycles. The highest BCUT2D eigenvalue weighted by Crippen LogP contribution is 2.22. The Morgan fingerprint density at radius 2 is 1.95 bits per heavy atom. The molecule has 0 saturated carbocycles. The number of thiophene rings is 1. The van der Waals surface area contributed by atoms with Crippen molar-refractivity contribution in [2.75, 3.05) is 6.54 Å². The van der Waals surface area contributed by atoms with E-state index in [0.717, 1.165) is 20.7 Å². The number of rotatable bonds is 5. The Bertz CT molecular complexity index is 551. The molecule has 1 aromatic heterocycles. The Kier molecular flexibility index (Phi) is 5.48. The zero-order chi connectivity index (χ0) is 13.7. The van der Waals surface area contributed by atoms with Crippen LogP contribution >= 0.6 is 39.9 Å². The number of nitrogens with one attached hydrogen (secondary N) is 1. The molecule has 0 saturated heterocycles. The van der Waals surface area contributed by atoms with E-state index in [1.165, 1.54) is 4.88 Å². The highest BCUT2D eigenvalue weighted by molar-refractivity contribution is 9.11. The third-order valence-electron chi connectivity index (χ3n) is 2.62. The standard InChI is InChI=1S/C14H14BrNOS2/c15-13-6-5-12(19-13)7-8-16-14(17)9-10-1-3-11(18)4-2-10/h1-6,18H,7-9H2,(H,16,17). The molecule has 1 amide bonds. The van der Waals surface area contributed by atoms with Gasteiger partial charge in [-0.1, -0.05) is 12.1 Å². The third kappa shape index (κ3) is 5.01. The van der Waals surface area contributed by atoms with Crippen molar-refractivity contribution in [2.24, 2.45) is 0 Å². The predicted octanol–water partition coefficient (Wildman–Crippen LogP) is 3.70. The number of amides is 1. The van der Waals surface area contributed by atoms with Crippen molar-refractivity contribution in [3.05, 3.63) is 50.6 Å². The first-order valence-electron chi connectivity index (χ1n) is 5.92. The van der Waals surface area contributed by atoms with Gasteiger partial charge in [0.1, 0.15) is 0 Å². The lowest BCUT2D eigenvalue weighted by atomic mass is 10.1. The molecule has 100 valence electrons. The van der Waals surface area contributed by atoms with E-state index in [1.807, 2.05) is 30.3 Å². The van der Waals surface area contributed by atoms with Gasteiger partial charge in [-0.3, -0.25) is 4.79 Å². The van der Waals surface area contributed by atoms with Crippen LogP contribution in [-0.4, -0.2) is 12.5 Å². The summed E-state index contributed by atoms with van der Waals surface area (Å²) < 4.78 is 1.13. The normalized spacial score (nSPS) is 10.4. The lowest BCUT2D eigenvalue weighted by Crippen LogP contribution is -2.27. The van der Waals surface area contributed by atoms with E-state index in [9.17, 15) is 4.79 Å². The molecule has 0 unspecified atom stereocenters. The average molecular weight is 356 g/mol. The molecule has 2 rings (SSSR count). The average Bonchev–Trinajstić information content (AvgIpc) is 2.78. The number of hydrogen-bond acceptors (Lipinski definition) is 3. The maximum Gasteiger partial charge on any atom is 0.224 e. The summed E-state index contributed by atoms with van der Waals surface area (Å²) in [5.74, 6) is 0.0579. The molecule has 1 N–H and O–H groups in total. The fraction of sp³-hybridized carbons (Fsp3) is 0.214. The molecule has 1 heterocycles. The zero-order valence-electron chi connectivity index (χ0n) is 10.2. The van der Waals surface area contributed by atoms with Gasteiger partial charge in [0.25, 0.3) is 0 Å². The van der Waals surface area contributed by atoms with Crippen LogP contribution in [0.25, 0.3) is 0 Å². The molecule has 0 atom stereocenters. The van der Waals surface area contributed by atoms with Crippen molar-refractivity contribution in [3.8, 4) is 0 Å². The van der Waals surface area contributed by atoms with E-state index in [-0.39, 0.29) is 5.91 Å². The minimum absolute atomic E-state index is 0.0579. The van der Waals surface area contributed by atoms with Gasteiger partial charge in [0.15, 0.2) is 0 Å². The quantitative estimate of drug-likeness (QED) is 0.786. The van der Waals surface area contributed by atoms with Crippen molar-refractivity contribution < 1.29 is 4.79 Å². The Labute approximate surface area is 130 Å². The monoisotopic (exact) mass is 355 g/mol. The summed E-state index contributed by atoms with van der Waals surface area (Å²) in [5, 5.41) is 2.94. The van der Waals surface area contributed by atoms with Gasteiger partial charge in [-0.05, 0) is 52.2 Å². The van der Waals surface area contributed by atoms with E-state index in [2.05, 4.69) is 39.9 Å². The summed E-state index contributed by atoms with van der Waals surface area (Å²) in [7, 11) is 0. The molecule has 19 heavy (non-hydrogen) atoms. The Morgan fingerprint density at radius 3 is 2.58 bits per heavy atom. The van der Waals surface area contributed by atoms with Crippen LogP contribution < -0.4 is 5.32 Å². The fourth-order valence-corrected chi connectivity index (χ4v) is 3.30. The van der Waals surface area contributed by atoms with E-state index in [0.29, 0.717) is 13.0 Å². The van der Waals surface area contributed by atoms with Crippen LogP contribution in [0.3, 0.4) is 0 Å². The maximum atomic E-state index is 11.8. The fourth-order valence-electron chi connectivity index (χ4n) is 1.67. The number of benzene rings is 1. The second-order valence-corrected chi connectivity index (χ2v) is 7.21. The van der Waals surface area contributed by atoms with Crippen LogP contribution in [0.1, 0.15) is 10.4 Å². The first-order valence-corrected chi connectivity index (χ1v) is 7.98. The van der Waals surface area contributed by atoms with Crippen LogP contribution in [-0.2, 0) is 17.6 Å². The number of halogens is 1. The number of thiol groups is 1. The summed E-state index contributed by atoms with van der Waals surface area (Å²) in [6, 6.07) is 11.8. The van der Waals surface area contributed by atoms with Gasteiger partial charge in [-0.15, -0.1) is 24.0 Å². The van der Waals surface area contributed by atoms with Gasteiger partial charge in [-0.25, -0.2) is 0 Å². The largest absolute Gasteiger partial charge is 0.355 e. The molecule has 5 heteroatoms. The van der Waals surface area contributed by atoms with E-state index in [1.54, 1.807) is 11.3 Å². The summed E-state index contributed by atoms with van der Waals surface area (Å²) in [5.41, 5.74) is 1.01. The zero-order valence-corrected chi connectivity index (χ0v) is 13.5. The highest BCUT2D eigenvalue weighted by Gasteiger charge is 2.03. The van der Waals surface area contributed by atoms with Crippen molar-refractivity contribution in [1.29, 1.82) is 0 Å². The Hall–Kier alpha value is -0.780. The lowest BCUT2D eigenvalue weighted by molar-refractivity contribution is -0.120. The molecule has 0 bridgehead atoms. The lowest BCUT2D eigenvalue weighted by Gasteiger charge is -2.04. The molecular weight excluding hydrogens is 342 g/mol. The van der Waals surface area contributed by atoms with Crippen LogP contribution in [0.15, 0.2) is 45.1 Å². The summed E-state index contributed by atoms with van der Waals surface area (Å²) in [6.07, 6.45) is 1.29. The molecule has 2 nitrogen and oxygen atoms in total. The number of hydrogen-bond donors (Lipinski definition) is 2. The van der Waals surface area contributed by atoms with Crippen molar-refractivity contribution in [3.63, 3.8) is 0 Å². The first-order chi connectivity index (χ1) is 9.13. The topological polar surface area (TPSA) is 29.1 Å². The summed E-state index contributed by atoms with van der Waals surface area (Å²) in [6.45, 7) is 0.677. The van der Waals surface area contributed by atoms with Crippen LogP contribution in [0.2, 0.25) is 0 Å². The molecule has 0 fully saturated rings. The van der Waals surface area contributed by atoms with Gasteiger partial charge in [-0.2, -0.15) is 0 Å². The number of carbonyl (C=O) groups excluding carboxylic acids is 1. The van der Waals surface area contributed by atoms with Crippen molar-refractivity contribution in [2.45, 2.75) is 17.7 Å². The van der Waals surface area contributed by atoms with Gasteiger partial charge < -0.3 is 5.32 Å². The van der Waals surface area contributed by atoms with E-state index in [4.69, 9.17) is 0 Å². The van der Waals surface area contributed by atoms with Gasteiger partial charge in [0.2, 0.25) is 5.91 Å². The van der Waals surface area contributed by atoms with Crippen molar-refractivity contribution >= 4 is 45.8 Å². The SMILES string of the molecule is O=C(Cc1ccc(S)cc1)NCCc1ccc(Br)s1. The summed E-state index contributed by atoms with van der Waals surface area (Å²) >= 11 is 9.35. The van der Waals surface area contributed by atoms with Crippen molar-refractivity contribution in [1.82, 2.24) is 5.32 Å². The second kappa shape index (κ2) is 7.12. The predicted molar refractivity (Wildman–Crippen MR) is 86.1 cm³/mol. The van der Waals surface area contributed by atoms with Crippen LogP contribution in [0.4, 0.5) is 0 Å². The minimum atomic E-state index is 0.0579. The minimum Gasteiger partial charge on any atom is -0.355 e. The molecule has 1 aromatic carbocycles. The molecular formula is C14H14BrNOS2. The van der Waals surface area contributed by atoms with Gasteiger partial charge in [0, 0.05) is 16.3 Å². The highest BCUT2D eigenvalue weighted by atomic mass is 79.9. The Balaban J connectivity index is 1.74. The maximum absolute atomic E-state index is 11.8. The first kappa shape index (κ1) is 14.6. The molecule has 0 radical (unpaired) electrons. The van der Waals surface area contributed by atoms with E-state index < -0.39 is 0 Å². The Morgan fingerprint density at radius 1 is 1.21 bits per heavy atom. The smallest absolute Gasteiger partial charge is 0.224 e. The van der Waals surface area contributed by atoms with Crippen LogP contribution in [0.5, 0.6) is 0 Å². The van der Waals surface area contributed by atoms with E-state index >= 15 is 0 Å². The molecule has 0 aliphatic heterocycles. The van der Waals surface area contributed by atoms with Gasteiger partial charge >= 0.3 is 0 Å². The number of carbonyl (C=O) groups is 1. The molecule has 0 spiro atoms. The van der Waals surface area contributed by atoms with Crippen LogP contribution in [0, 0.1) is 0 Å². The third-order valence-corrected chi connectivity index (χ3v) is 4.61. The molecule has 0 aliphatic rings. The summed E-state index contributed by atoms with van der Waals surface area (Å²) in [4.78, 5) is 13.9. The molecule has 2 aromatic rings. The second-order valence-electron chi connectivity index (χ2n) is 4.15.